The molecule has 0 aliphatic rings. The molecule has 0 aliphatic carbocycles. The number of hydrogen-bond acceptors (Lipinski definition) is 6. The molecule has 0 radical (unpaired) electrons. The first-order valence-electron chi connectivity index (χ1n) is 10.1. The zero-order valence-corrected chi connectivity index (χ0v) is 19.6. The number of nitrogens with zero attached hydrogens (tertiary/aromatic N) is 2. The number of aryl methyl sites for hydroxylation is 1. The van der Waals surface area contributed by atoms with Gasteiger partial charge in [0.05, 0.1) is 23.9 Å². The van der Waals surface area contributed by atoms with Gasteiger partial charge in [-0.1, -0.05) is 6.07 Å². The monoisotopic (exact) mass is 525 g/mol. The van der Waals surface area contributed by atoms with Crippen molar-refractivity contribution in [2.75, 3.05) is 19.0 Å². The van der Waals surface area contributed by atoms with Crippen LogP contribution in [0.25, 0.3) is 0 Å². The second-order valence-corrected chi connectivity index (χ2v) is 8.83. The number of rotatable bonds is 7. The van der Waals surface area contributed by atoms with E-state index in [9.17, 15) is 31.7 Å². The summed E-state index contributed by atoms with van der Waals surface area (Å²) in [5.41, 5.74) is -1.17. The SMILES string of the molecule is Cc1nc(F)ccc1Oc1cc(C(F)(F)F)ccc1C(=O)Nc1cccc([S+]([O-])N(C)C(=O)CO)c1. The molecule has 3 rings (SSSR count). The van der Waals surface area contributed by atoms with Gasteiger partial charge in [-0.15, -0.1) is 0 Å². The first-order chi connectivity index (χ1) is 16.9. The number of benzene rings is 2. The first kappa shape index (κ1) is 26.9. The van der Waals surface area contributed by atoms with Gasteiger partial charge in [0, 0.05) is 11.8 Å². The Hall–Kier alpha value is -3.68. The van der Waals surface area contributed by atoms with Gasteiger partial charge in [-0.25, -0.2) is 4.98 Å². The number of amides is 2. The number of pyridine rings is 1. The number of alkyl halides is 3. The lowest BCUT2D eigenvalue weighted by atomic mass is 10.1. The number of carbonyl (C=O) groups is 2. The first-order valence-corrected chi connectivity index (χ1v) is 11.2. The molecule has 13 heteroatoms. The second-order valence-electron chi connectivity index (χ2n) is 7.31. The van der Waals surface area contributed by atoms with Crippen LogP contribution in [0.1, 0.15) is 21.6 Å². The third kappa shape index (κ3) is 6.30. The second kappa shape index (κ2) is 10.9. The van der Waals surface area contributed by atoms with E-state index in [2.05, 4.69) is 10.3 Å². The molecule has 190 valence electrons. The Morgan fingerprint density at radius 2 is 1.86 bits per heavy atom. The number of aromatic nitrogens is 1. The quantitative estimate of drug-likeness (QED) is 0.273. The zero-order chi connectivity index (χ0) is 26.6. The highest BCUT2D eigenvalue weighted by Gasteiger charge is 2.32. The van der Waals surface area contributed by atoms with E-state index in [1.54, 1.807) is 0 Å². The number of likely N-dealkylation sites (N-methyl/N-ethyl adjacent to an activating group) is 1. The maximum Gasteiger partial charge on any atom is 0.416 e. The molecule has 2 aromatic carbocycles. The molecule has 36 heavy (non-hydrogen) atoms. The molecule has 0 saturated heterocycles. The van der Waals surface area contributed by atoms with Crippen LogP contribution >= 0.6 is 0 Å². The minimum Gasteiger partial charge on any atom is -0.588 e. The summed E-state index contributed by atoms with van der Waals surface area (Å²) in [6, 6.07) is 10.00. The van der Waals surface area contributed by atoms with Crippen molar-refractivity contribution in [3.05, 3.63) is 77.4 Å². The summed E-state index contributed by atoms with van der Waals surface area (Å²) >= 11 is -1.99. The Kier molecular flexibility index (Phi) is 8.17. The Morgan fingerprint density at radius 3 is 2.50 bits per heavy atom. The van der Waals surface area contributed by atoms with Crippen molar-refractivity contribution in [2.45, 2.75) is 18.0 Å². The highest BCUT2D eigenvalue weighted by atomic mass is 32.2. The van der Waals surface area contributed by atoms with Crippen molar-refractivity contribution in [3.8, 4) is 11.5 Å². The molecule has 2 amide bonds. The molecule has 8 nitrogen and oxygen atoms in total. The molecule has 3 aromatic rings. The normalized spacial score (nSPS) is 12.1. The fourth-order valence-electron chi connectivity index (χ4n) is 2.95. The van der Waals surface area contributed by atoms with Crippen LogP contribution in [-0.4, -0.2) is 44.4 Å². The Balaban J connectivity index is 1.93. The topological polar surface area (TPSA) is 115 Å². The minimum atomic E-state index is -4.72. The van der Waals surface area contributed by atoms with Crippen molar-refractivity contribution in [1.29, 1.82) is 0 Å². The number of aliphatic hydroxyl groups excluding tert-OH is 1. The molecule has 0 spiro atoms. The maximum atomic E-state index is 13.3. The summed E-state index contributed by atoms with van der Waals surface area (Å²) in [5.74, 6) is -2.97. The lowest BCUT2D eigenvalue weighted by Crippen LogP contribution is -2.35. The maximum absolute atomic E-state index is 13.3. The predicted octanol–water partition coefficient (Wildman–Crippen LogP) is 4.07. The number of aliphatic hydroxyl groups is 1. The van der Waals surface area contributed by atoms with Crippen LogP contribution in [0, 0.1) is 12.9 Å². The molecule has 0 fully saturated rings. The number of ether oxygens (including phenoxy) is 1. The predicted molar refractivity (Wildman–Crippen MR) is 121 cm³/mol. The van der Waals surface area contributed by atoms with Crippen LogP contribution < -0.4 is 10.1 Å². The van der Waals surface area contributed by atoms with Gasteiger partial charge < -0.3 is 19.7 Å². The van der Waals surface area contributed by atoms with Gasteiger partial charge in [-0.3, -0.25) is 9.59 Å². The van der Waals surface area contributed by atoms with E-state index in [1.807, 2.05) is 0 Å². The van der Waals surface area contributed by atoms with E-state index < -0.39 is 53.2 Å². The van der Waals surface area contributed by atoms with Crippen LogP contribution in [0.5, 0.6) is 11.5 Å². The van der Waals surface area contributed by atoms with E-state index in [1.165, 1.54) is 44.3 Å². The molecule has 1 atom stereocenters. The minimum absolute atomic E-state index is 0.0514. The summed E-state index contributed by atoms with van der Waals surface area (Å²) in [4.78, 5) is 28.2. The van der Waals surface area contributed by atoms with Gasteiger partial charge in [0.25, 0.3) is 11.8 Å². The summed E-state index contributed by atoms with van der Waals surface area (Å²) in [7, 11) is 1.22. The van der Waals surface area contributed by atoms with Crippen molar-refractivity contribution in [1.82, 2.24) is 9.29 Å². The van der Waals surface area contributed by atoms with E-state index in [4.69, 9.17) is 9.84 Å². The summed E-state index contributed by atoms with van der Waals surface area (Å²) < 4.78 is 72.1. The van der Waals surface area contributed by atoms with Gasteiger partial charge in [0.15, 0.2) is 4.90 Å². The average Bonchev–Trinajstić information content (AvgIpc) is 2.83. The van der Waals surface area contributed by atoms with E-state index in [0.29, 0.717) is 12.1 Å². The fraction of sp³-hybridized carbons (Fsp3) is 0.174. The number of anilines is 1. The molecule has 0 bridgehead atoms. The van der Waals surface area contributed by atoms with Gasteiger partial charge >= 0.3 is 6.18 Å². The van der Waals surface area contributed by atoms with E-state index in [0.717, 1.165) is 16.4 Å². The lowest BCUT2D eigenvalue weighted by molar-refractivity contribution is -0.137. The Morgan fingerprint density at radius 1 is 1.14 bits per heavy atom. The number of nitrogens with one attached hydrogen (secondary N) is 1. The average molecular weight is 525 g/mol. The van der Waals surface area contributed by atoms with E-state index in [-0.39, 0.29) is 27.6 Å². The van der Waals surface area contributed by atoms with Crippen LogP contribution in [-0.2, 0) is 22.3 Å². The van der Waals surface area contributed by atoms with Crippen molar-refractivity contribution >= 4 is 28.9 Å². The third-order valence-electron chi connectivity index (χ3n) is 4.81. The zero-order valence-electron chi connectivity index (χ0n) is 18.8. The highest BCUT2D eigenvalue weighted by Crippen LogP contribution is 2.36. The molecular formula is C23H19F4N3O5S. The molecule has 0 aliphatic heterocycles. The molecule has 1 unspecified atom stereocenters. The molecular weight excluding hydrogens is 506 g/mol. The standard InChI is InChI=1S/C23H19F4N3O5S/c1-13-18(8-9-20(24)28-13)35-19-10-14(23(25,26)27)6-7-17(19)22(33)29-15-4-3-5-16(11-15)36(34)30(2)21(32)12-31/h3-11,31H,12H2,1-2H3,(H,29,33). The van der Waals surface area contributed by atoms with Gasteiger partial charge in [-0.2, -0.15) is 21.9 Å². The molecule has 1 heterocycles. The summed E-state index contributed by atoms with van der Waals surface area (Å²) in [5, 5.41) is 11.4. The summed E-state index contributed by atoms with van der Waals surface area (Å²) in [6.45, 7) is 0.536. The van der Waals surface area contributed by atoms with Gasteiger partial charge in [0.2, 0.25) is 5.95 Å². The number of carbonyl (C=O) groups excluding carboxylic acids is 2. The number of hydrogen-bond donors (Lipinski definition) is 2. The summed E-state index contributed by atoms with van der Waals surface area (Å²) in [6.07, 6.45) is -4.72. The lowest BCUT2D eigenvalue weighted by Gasteiger charge is -2.19. The van der Waals surface area contributed by atoms with Crippen LogP contribution in [0.2, 0.25) is 0 Å². The van der Waals surface area contributed by atoms with Crippen molar-refractivity contribution < 1.29 is 41.5 Å². The van der Waals surface area contributed by atoms with Crippen LogP contribution in [0.15, 0.2) is 59.5 Å². The highest BCUT2D eigenvalue weighted by molar-refractivity contribution is 7.89. The molecule has 1 aromatic heterocycles. The van der Waals surface area contributed by atoms with Crippen LogP contribution in [0.4, 0.5) is 23.2 Å². The Bertz CT molecular complexity index is 1290. The fourth-order valence-corrected chi connectivity index (χ4v) is 3.93. The third-order valence-corrected chi connectivity index (χ3v) is 6.16. The van der Waals surface area contributed by atoms with E-state index >= 15 is 0 Å². The van der Waals surface area contributed by atoms with Gasteiger partial charge in [0.1, 0.15) is 29.5 Å². The molecule has 0 saturated carbocycles. The van der Waals surface area contributed by atoms with Gasteiger partial charge in [-0.05, 0) is 49.4 Å². The van der Waals surface area contributed by atoms with Crippen LogP contribution in [0.3, 0.4) is 0 Å². The molecule has 2 N–H and O–H groups in total. The number of halogens is 4. The smallest absolute Gasteiger partial charge is 0.416 e. The Labute approximate surface area is 205 Å². The van der Waals surface area contributed by atoms with Crippen molar-refractivity contribution in [2.24, 2.45) is 0 Å². The van der Waals surface area contributed by atoms with Crippen molar-refractivity contribution in [3.63, 3.8) is 0 Å². The largest absolute Gasteiger partial charge is 0.588 e.